The van der Waals surface area contributed by atoms with Gasteiger partial charge >= 0.3 is 0 Å². The standard InChI is InChI=1S/C22H29FO4/c23-19-8-1-2-9-20(19)25-15-5-3-7-17-11-12-18(13-14-24)22(17)27-21-10-4-6-16-26-21/h1-3,7-9,14,17-18,21-22H,4-6,10-13,15-16H2/t17?,18-,21?,22-/m0/s1. The summed E-state index contributed by atoms with van der Waals surface area (Å²) in [4.78, 5) is 11.0. The fourth-order valence-corrected chi connectivity index (χ4v) is 3.94. The molecule has 1 saturated carbocycles. The zero-order chi connectivity index (χ0) is 18.9. The molecule has 0 N–H and O–H groups in total. The first-order valence-electron chi connectivity index (χ1n) is 10.0. The minimum Gasteiger partial charge on any atom is -0.490 e. The van der Waals surface area contributed by atoms with E-state index in [1.807, 2.05) is 0 Å². The molecule has 1 aromatic rings. The Morgan fingerprint density at radius 3 is 2.85 bits per heavy atom. The second-order valence-corrected chi connectivity index (χ2v) is 7.30. The number of hydrogen-bond acceptors (Lipinski definition) is 4. The molecule has 3 rings (SSSR count). The van der Waals surface area contributed by atoms with Crippen molar-refractivity contribution in [3.63, 3.8) is 0 Å². The van der Waals surface area contributed by atoms with Gasteiger partial charge in [0.25, 0.3) is 0 Å². The number of halogens is 1. The highest BCUT2D eigenvalue weighted by Gasteiger charge is 2.37. The summed E-state index contributed by atoms with van der Waals surface area (Å²) in [5, 5.41) is 0. The van der Waals surface area contributed by atoms with Gasteiger partial charge < -0.3 is 19.0 Å². The number of carbonyl (C=O) groups is 1. The van der Waals surface area contributed by atoms with Gasteiger partial charge in [-0.1, -0.05) is 24.3 Å². The highest BCUT2D eigenvalue weighted by molar-refractivity contribution is 5.50. The number of aldehydes is 1. The maximum absolute atomic E-state index is 13.5. The quantitative estimate of drug-likeness (QED) is 0.357. The highest BCUT2D eigenvalue weighted by Crippen LogP contribution is 2.38. The maximum Gasteiger partial charge on any atom is 0.165 e. The van der Waals surface area contributed by atoms with E-state index < -0.39 is 0 Å². The Balaban J connectivity index is 1.49. The molecular formula is C22H29FO4. The van der Waals surface area contributed by atoms with Crippen LogP contribution in [0.3, 0.4) is 0 Å². The van der Waals surface area contributed by atoms with E-state index in [0.717, 1.165) is 45.0 Å². The van der Waals surface area contributed by atoms with Crippen LogP contribution in [0.1, 0.15) is 44.9 Å². The van der Waals surface area contributed by atoms with E-state index in [9.17, 15) is 9.18 Å². The van der Waals surface area contributed by atoms with E-state index in [2.05, 4.69) is 12.2 Å². The first-order chi connectivity index (χ1) is 13.3. The van der Waals surface area contributed by atoms with E-state index in [1.54, 1.807) is 18.2 Å². The largest absolute Gasteiger partial charge is 0.490 e. The lowest BCUT2D eigenvalue weighted by Crippen LogP contribution is -2.33. The summed E-state index contributed by atoms with van der Waals surface area (Å²) in [5.74, 6) is 0.495. The number of benzene rings is 1. The van der Waals surface area contributed by atoms with Gasteiger partial charge in [0.1, 0.15) is 6.29 Å². The van der Waals surface area contributed by atoms with Gasteiger partial charge in [-0.3, -0.25) is 0 Å². The number of hydrogen-bond donors (Lipinski definition) is 0. The van der Waals surface area contributed by atoms with Crippen molar-refractivity contribution in [1.29, 1.82) is 0 Å². The summed E-state index contributed by atoms with van der Waals surface area (Å²) >= 11 is 0. The molecule has 2 unspecified atom stereocenters. The minimum atomic E-state index is -0.338. The van der Waals surface area contributed by atoms with Gasteiger partial charge in [-0.05, 0) is 56.6 Å². The lowest BCUT2D eigenvalue weighted by molar-refractivity contribution is -0.200. The van der Waals surface area contributed by atoms with Gasteiger partial charge in [-0.25, -0.2) is 4.39 Å². The van der Waals surface area contributed by atoms with Gasteiger partial charge in [0.05, 0.1) is 12.7 Å². The van der Waals surface area contributed by atoms with Crippen molar-refractivity contribution in [1.82, 2.24) is 0 Å². The van der Waals surface area contributed by atoms with E-state index in [0.29, 0.717) is 19.4 Å². The summed E-state index contributed by atoms with van der Waals surface area (Å²) in [7, 11) is 0. The normalized spacial score (nSPS) is 28.5. The van der Waals surface area contributed by atoms with E-state index in [-0.39, 0.29) is 35.8 Å². The maximum atomic E-state index is 13.5. The van der Waals surface area contributed by atoms with E-state index in [4.69, 9.17) is 14.2 Å². The Morgan fingerprint density at radius 2 is 2.07 bits per heavy atom. The molecule has 1 aromatic carbocycles. The molecule has 0 spiro atoms. The van der Waals surface area contributed by atoms with Crippen LogP contribution in [0.4, 0.5) is 4.39 Å². The van der Waals surface area contributed by atoms with Crippen LogP contribution in [-0.2, 0) is 14.3 Å². The van der Waals surface area contributed by atoms with Crippen molar-refractivity contribution in [3.8, 4) is 5.75 Å². The second-order valence-electron chi connectivity index (χ2n) is 7.30. The van der Waals surface area contributed by atoms with Crippen LogP contribution in [0.5, 0.6) is 5.75 Å². The number of carbonyl (C=O) groups excluding carboxylic acids is 1. The van der Waals surface area contributed by atoms with Crippen molar-refractivity contribution in [2.24, 2.45) is 11.8 Å². The second kappa shape index (κ2) is 10.6. The number of para-hydroxylation sites is 1. The summed E-state index contributed by atoms with van der Waals surface area (Å²) in [5.41, 5.74) is 0. The molecule has 1 aliphatic heterocycles. The highest BCUT2D eigenvalue weighted by atomic mass is 19.1. The molecule has 2 fully saturated rings. The van der Waals surface area contributed by atoms with Crippen molar-refractivity contribution in [3.05, 3.63) is 42.2 Å². The van der Waals surface area contributed by atoms with Crippen molar-refractivity contribution < 1.29 is 23.4 Å². The molecule has 148 valence electrons. The Kier molecular flexibility index (Phi) is 7.84. The zero-order valence-electron chi connectivity index (χ0n) is 15.7. The topological polar surface area (TPSA) is 44.8 Å². The molecule has 4 nitrogen and oxygen atoms in total. The predicted molar refractivity (Wildman–Crippen MR) is 101 cm³/mol. The third-order valence-electron chi connectivity index (χ3n) is 5.37. The smallest absolute Gasteiger partial charge is 0.165 e. The molecule has 0 aromatic heterocycles. The molecule has 1 aliphatic carbocycles. The molecule has 27 heavy (non-hydrogen) atoms. The molecule has 0 radical (unpaired) electrons. The van der Waals surface area contributed by atoms with E-state index in [1.165, 1.54) is 6.07 Å². The zero-order valence-corrected chi connectivity index (χ0v) is 15.7. The van der Waals surface area contributed by atoms with Crippen molar-refractivity contribution >= 4 is 6.29 Å². The Morgan fingerprint density at radius 1 is 1.19 bits per heavy atom. The summed E-state index contributed by atoms with van der Waals surface area (Å²) in [6.45, 7) is 1.18. The first-order valence-corrected chi connectivity index (χ1v) is 10.0. The minimum absolute atomic E-state index is 0.0297. The van der Waals surface area contributed by atoms with Crippen LogP contribution < -0.4 is 4.74 Å². The third kappa shape index (κ3) is 5.88. The average Bonchev–Trinajstić information content (AvgIpc) is 3.06. The van der Waals surface area contributed by atoms with E-state index >= 15 is 0 Å². The van der Waals surface area contributed by atoms with Crippen LogP contribution in [0.15, 0.2) is 36.4 Å². The third-order valence-corrected chi connectivity index (χ3v) is 5.37. The first kappa shape index (κ1) is 20.0. The molecule has 0 bridgehead atoms. The fourth-order valence-electron chi connectivity index (χ4n) is 3.94. The summed E-state index contributed by atoms with van der Waals surface area (Å²) in [6.07, 6.45) is 11.5. The van der Waals surface area contributed by atoms with Gasteiger partial charge in [0, 0.05) is 18.9 Å². The lowest BCUT2D eigenvalue weighted by Gasteiger charge is -2.30. The molecular weight excluding hydrogens is 347 g/mol. The molecule has 1 heterocycles. The summed E-state index contributed by atoms with van der Waals surface area (Å²) in [6, 6.07) is 6.43. The van der Waals surface area contributed by atoms with Crippen LogP contribution in [0.2, 0.25) is 0 Å². The van der Waals surface area contributed by atoms with Gasteiger partial charge in [-0.2, -0.15) is 0 Å². The molecule has 0 amide bonds. The monoisotopic (exact) mass is 376 g/mol. The number of ether oxygens (including phenoxy) is 3. The van der Waals surface area contributed by atoms with Crippen molar-refractivity contribution in [2.45, 2.75) is 57.3 Å². The van der Waals surface area contributed by atoms with Gasteiger partial charge in [0.15, 0.2) is 17.9 Å². The fraction of sp³-hybridized carbons (Fsp3) is 0.591. The molecule has 2 aliphatic rings. The van der Waals surface area contributed by atoms with Crippen LogP contribution in [-0.4, -0.2) is 31.9 Å². The van der Waals surface area contributed by atoms with Crippen LogP contribution >= 0.6 is 0 Å². The SMILES string of the molecule is O=CC[C@@H]1CCC(C=CCCOc2ccccc2F)[C@@H]1OC1CCCCO1. The number of rotatable bonds is 9. The van der Waals surface area contributed by atoms with Crippen LogP contribution in [0, 0.1) is 17.7 Å². The summed E-state index contributed by atoms with van der Waals surface area (Å²) < 4.78 is 31.0. The Labute approximate surface area is 160 Å². The molecule has 5 heteroatoms. The Bertz CT molecular complexity index is 612. The Hall–Kier alpha value is -1.72. The molecule has 1 saturated heterocycles. The molecule has 4 atom stereocenters. The predicted octanol–water partition coefficient (Wildman–Crippen LogP) is 4.68. The van der Waals surface area contributed by atoms with Crippen molar-refractivity contribution in [2.75, 3.05) is 13.2 Å². The average molecular weight is 376 g/mol. The lowest BCUT2D eigenvalue weighted by atomic mass is 9.97. The van der Waals surface area contributed by atoms with Gasteiger partial charge in [0.2, 0.25) is 0 Å². The van der Waals surface area contributed by atoms with Crippen LogP contribution in [0.25, 0.3) is 0 Å². The van der Waals surface area contributed by atoms with Gasteiger partial charge in [-0.15, -0.1) is 0 Å².